The molecule has 3 N–H and O–H groups in total. The summed E-state index contributed by atoms with van der Waals surface area (Å²) in [6.45, 7) is 0. The molecule has 0 aliphatic rings. The number of carbonyl (C=O) groups excluding carboxylic acids is 1. The van der Waals surface area contributed by atoms with Gasteiger partial charge in [0.15, 0.2) is 0 Å². The van der Waals surface area contributed by atoms with E-state index in [4.69, 9.17) is 5.11 Å². The number of urea groups is 1. The minimum Gasteiger partial charge on any atom is -0.478 e. The van der Waals surface area contributed by atoms with Crippen molar-refractivity contribution >= 4 is 23.4 Å². The second-order valence-electron chi connectivity index (χ2n) is 4.06. The van der Waals surface area contributed by atoms with E-state index in [-0.39, 0.29) is 0 Å². The van der Waals surface area contributed by atoms with Crippen molar-refractivity contribution in [3.63, 3.8) is 0 Å². The number of aromatic carboxylic acids is 1. The topological polar surface area (TPSA) is 78.4 Å². The predicted octanol–water partition coefficient (Wildman–Crippen LogP) is 3.31. The molecule has 2 aromatic rings. The van der Waals surface area contributed by atoms with Crippen LogP contribution in [-0.4, -0.2) is 17.1 Å². The molecule has 21 heavy (non-hydrogen) atoms. The van der Waals surface area contributed by atoms with Gasteiger partial charge in [0, 0.05) is 11.8 Å². The summed E-state index contributed by atoms with van der Waals surface area (Å²) in [5.41, 5.74) is -0.690. The number of carbonyl (C=O) groups is 2. The maximum Gasteiger partial charge on any atom is 0.338 e. The van der Waals surface area contributed by atoms with E-state index in [2.05, 4.69) is 10.6 Å². The Balaban J connectivity index is 2.17. The predicted molar refractivity (Wildman–Crippen MR) is 72.4 cm³/mol. The molecule has 0 spiro atoms. The number of benzene rings is 2. The van der Waals surface area contributed by atoms with Gasteiger partial charge in [-0.3, -0.25) is 0 Å². The van der Waals surface area contributed by atoms with E-state index >= 15 is 0 Å². The third-order valence-corrected chi connectivity index (χ3v) is 2.57. The van der Waals surface area contributed by atoms with Crippen LogP contribution < -0.4 is 10.6 Å². The number of nitrogens with one attached hydrogen (secondary N) is 2. The van der Waals surface area contributed by atoms with Crippen LogP contribution in [0, 0.1) is 11.6 Å². The first-order chi connectivity index (χ1) is 9.97. The van der Waals surface area contributed by atoms with Crippen LogP contribution in [0.5, 0.6) is 0 Å². The first-order valence-electron chi connectivity index (χ1n) is 5.83. The fourth-order valence-corrected chi connectivity index (χ4v) is 1.61. The Morgan fingerprint density at radius 2 is 1.62 bits per heavy atom. The molecular weight excluding hydrogens is 282 g/mol. The molecule has 2 rings (SSSR count). The molecule has 0 aromatic heterocycles. The molecule has 108 valence electrons. The highest BCUT2D eigenvalue weighted by atomic mass is 19.1. The van der Waals surface area contributed by atoms with Gasteiger partial charge in [-0.15, -0.1) is 0 Å². The molecule has 0 saturated carbocycles. The van der Waals surface area contributed by atoms with Gasteiger partial charge >= 0.3 is 12.0 Å². The lowest BCUT2D eigenvalue weighted by atomic mass is 10.2. The number of carboxylic acid groups (broad SMARTS) is 1. The van der Waals surface area contributed by atoms with Gasteiger partial charge in [-0.25, -0.2) is 18.4 Å². The molecule has 2 amide bonds. The van der Waals surface area contributed by atoms with Crippen LogP contribution in [0.2, 0.25) is 0 Å². The van der Waals surface area contributed by atoms with Crippen molar-refractivity contribution in [3.05, 3.63) is 59.7 Å². The van der Waals surface area contributed by atoms with Crippen molar-refractivity contribution in [2.45, 2.75) is 0 Å². The molecule has 0 aliphatic carbocycles. The van der Waals surface area contributed by atoms with Gasteiger partial charge in [0.25, 0.3) is 0 Å². The molecule has 0 unspecified atom stereocenters. The van der Waals surface area contributed by atoms with Crippen molar-refractivity contribution in [1.82, 2.24) is 0 Å². The Bertz CT molecular complexity index is 690. The third-order valence-electron chi connectivity index (χ3n) is 2.57. The average Bonchev–Trinajstić information content (AvgIpc) is 2.42. The maximum atomic E-state index is 13.5. The Labute approximate surface area is 118 Å². The van der Waals surface area contributed by atoms with Gasteiger partial charge in [-0.2, -0.15) is 0 Å². The van der Waals surface area contributed by atoms with Crippen molar-refractivity contribution in [2.75, 3.05) is 10.6 Å². The van der Waals surface area contributed by atoms with Crippen LogP contribution in [-0.2, 0) is 0 Å². The van der Waals surface area contributed by atoms with Crippen LogP contribution in [0.1, 0.15) is 10.4 Å². The number of para-hydroxylation sites is 1. The zero-order chi connectivity index (χ0) is 15.4. The fraction of sp³-hybridized carbons (Fsp3) is 0. The van der Waals surface area contributed by atoms with Crippen LogP contribution in [0.25, 0.3) is 0 Å². The zero-order valence-electron chi connectivity index (χ0n) is 10.6. The summed E-state index contributed by atoms with van der Waals surface area (Å²) in [6, 6.07) is 8.71. The number of amides is 2. The maximum absolute atomic E-state index is 13.5. The highest BCUT2D eigenvalue weighted by Gasteiger charge is 2.16. The van der Waals surface area contributed by atoms with E-state index in [1.807, 2.05) is 0 Å². The molecular formula is C14H10F2N2O3. The molecule has 0 radical (unpaired) electrons. The summed E-state index contributed by atoms with van der Waals surface area (Å²) in [7, 11) is 0. The van der Waals surface area contributed by atoms with Gasteiger partial charge < -0.3 is 15.7 Å². The largest absolute Gasteiger partial charge is 0.478 e. The summed E-state index contributed by atoms with van der Waals surface area (Å²) in [5.74, 6) is -3.84. The van der Waals surface area contributed by atoms with Crippen LogP contribution in [0.4, 0.5) is 25.0 Å². The van der Waals surface area contributed by atoms with Crippen LogP contribution >= 0.6 is 0 Å². The molecule has 0 atom stereocenters. The summed E-state index contributed by atoms with van der Waals surface area (Å²) in [6.07, 6.45) is 0. The van der Waals surface area contributed by atoms with E-state index in [1.165, 1.54) is 0 Å². The lowest BCUT2D eigenvalue weighted by molar-refractivity contribution is 0.0692. The SMILES string of the molecule is O=C(Nc1ccccc1)Nc1cc(C(=O)O)c(F)cc1F. The van der Waals surface area contributed by atoms with Crippen molar-refractivity contribution < 1.29 is 23.5 Å². The van der Waals surface area contributed by atoms with Gasteiger partial charge in [-0.05, 0) is 18.2 Å². The number of anilines is 2. The van der Waals surface area contributed by atoms with Crippen LogP contribution in [0.15, 0.2) is 42.5 Å². The van der Waals surface area contributed by atoms with E-state index in [0.29, 0.717) is 11.8 Å². The van der Waals surface area contributed by atoms with E-state index in [0.717, 1.165) is 6.07 Å². The molecule has 0 bridgehead atoms. The monoisotopic (exact) mass is 292 g/mol. The lowest BCUT2D eigenvalue weighted by Crippen LogP contribution is -2.20. The number of hydrogen-bond acceptors (Lipinski definition) is 2. The second kappa shape index (κ2) is 6.00. The normalized spacial score (nSPS) is 10.0. The third kappa shape index (κ3) is 3.53. The Kier molecular flexibility index (Phi) is 4.13. The second-order valence-corrected chi connectivity index (χ2v) is 4.06. The summed E-state index contributed by atoms with van der Waals surface area (Å²) < 4.78 is 26.7. The molecule has 0 saturated heterocycles. The first kappa shape index (κ1) is 14.4. The van der Waals surface area contributed by atoms with Crippen molar-refractivity contribution in [2.24, 2.45) is 0 Å². The number of halogens is 2. The minimum atomic E-state index is -1.56. The van der Waals surface area contributed by atoms with Crippen LogP contribution in [0.3, 0.4) is 0 Å². The Hall–Kier alpha value is -2.96. The highest BCUT2D eigenvalue weighted by Crippen LogP contribution is 2.20. The fourth-order valence-electron chi connectivity index (χ4n) is 1.61. The number of carboxylic acids is 1. The van der Waals surface area contributed by atoms with Gasteiger partial charge in [0.05, 0.1) is 11.3 Å². The summed E-state index contributed by atoms with van der Waals surface area (Å²) in [5, 5.41) is 13.3. The lowest BCUT2D eigenvalue weighted by Gasteiger charge is -2.09. The van der Waals surface area contributed by atoms with Gasteiger partial charge in [0.1, 0.15) is 11.6 Å². The Morgan fingerprint density at radius 1 is 0.952 bits per heavy atom. The van der Waals surface area contributed by atoms with Crippen molar-refractivity contribution in [3.8, 4) is 0 Å². The average molecular weight is 292 g/mol. The minimum absolute atomic E-state index is 0.404. The van der Waals surface area contributed by atoms with E-state index in [1.54, 1.807) is 30.3 Å². The first-order valence-corrected chi connectivity index (χ1v) is 5.83. The molecule has 5 nitrogen and oxygen atoms in total. The van der Waals surface area contributed by atoms with E-state index < -0.39 is 34.9 Å². The smallest absolute Gasteiger partial charge is 0.338 e. The molecule has 0 heterocycles. The van der Waals surface area contributed by atoms with E-state index in [9.17, 15) is 18.4 Å². The standard InChI is InChI=1S/C14H10F2N2O3/c15-10-7-11(16)12(6-9(10)13(19)20)18-14(21)17-8-4-2-1-3-5-8/h1-7H,(H,19,20)(H2,17,18,21). The number of hydrogen-bond donors (Lipinski definition) is 3. The molecule has 2 aromatic carbocycles. The summed E-state index contributed by atoms with van der Waals surface area (Å²) >= 11 is 0. The Morgan fingerprint density at radius 3 is 2.24 bits per heavy atom. The highest BCUT2D eigenvalue weighted by molar-refractivity contribution is 6.00. The van der Waals surface area contributed by atoms with Crippen molar-refractivity contribution in [1.29, 1.82) is 0 Å². The van der Waals surface area contributed by atoms with Gasteiger partial charge in [-0.1, -0.05) is 18.2 Å². The molecule has 0 fully saturated rings. The number of rotatable bonds is 3. The molecule has 7 heteroatoms. The quantitative estimate of drug-likeness (QED) is 0.812. The van der Waals surface area contributed by atoms with Gasteiger partial charge in [0.2, 0.25) is 0 Å². The zero-order valence-corrected chi connectivity index (χ0v) is 10.6. The molecule has 0 aliphatic heterocycles. The summed E-state index contributed by atoms with van der Waals surface area (Å²) in [4.78, 5) is 22.4.